The van der Waals surface area contributed by atoms with Crippen LogP contribution < -0.4 is 33.2 Å². The first-order chi connectivity index (χ1) is 22.7. The number of hydrogen-bond acceptors (Lipinski definition) is 10. The second-order valence-electron chi connectivity index (χ2n) is 10.1. The van der Waals surface area contributed by atoms with Gasteiger partial charge in [0, 0.05) is 28.1 Å². The quantitative estimate of drug-likeness (QED) is 0.133. The minimum absolute atomic E-state index is 0.0588. The van der Waals surface area contributed by atoms with Crippen molar-refractivity contribution in [3.8, 4) is 0 Å². The number of nitrogens with two attached hydrogens (primary N) is 3. The van der Waals surface area contributed by atoms with Crippen LogP contribution in [0.15, 0.2) is 85.5 Å². The molecule has 0 bridgehead atoms. The number of nitrogens with one attached hydrogen (secondary N) is 3. The van der Waals surface area contributed by atoms with Crippen LogP contribution in [0, 0.1) is 13.8 Å². The highest BCUT2D eigenvalue weighted by Gasteiger charge is 2.31. The zero-order valence-electron chi connectivity index (χ0n) is 25.5. The van der Waals surface area contributed by atoms with Gasteiger partial charge in [-0.15, -0.1) is 0 Å². The summed E-state index contributed by atoms with van der Waals surface area (Å²) in [5.74, 6) is -1.24. The maximum Gasteiger partial charge on any atom is 0.416 e. The first-order valence-electron chi connectivity index (χ1n) is 13.9. The van der Waals surface area contributed by atoms with E-state index in [0.717, 1.165) is 23.8 Å². The van der Waals surface area contributed by atoms with E-state index in [9.17, 15) is 27.6 Å². The number of rotatable bonds is 6. The van der Waals surface area contributed by atoms with Gasteiger partial charge in [0.15, 0.2) is 0 Å². The molecule has 5 aromatic rings. The van der Waals surface area contributed by atoms with E-state index in [1.807, 2.05) is 0 Å². The second kappa shape index (κ2) is 14.7. The third-order valence-electron chi connectivity index (χ3n) is 6.76. The monoisotopic (exact) mass is 658 g/mol. The van der Waals surface area contributed by atoms with Gasteiger partial charge < -0.3 is 33.2 Å². The van der Waals surface area contributed by atoms with Crippen molar-refractivity contribution in [1.82, 2.24) is 19.9 Å². The summed E-state index contributed by atoms with van der Waals surface area (Å²) in [6.45, 7) is 3.40. The average Bonchev–Trinajstić information content (AvgIpc) is 3.05. The number of nitrogens with zero attached hydrogens (tertiary/aromatic N) is 4. The molecule has 5 rings (SSSR count). The third kappa shape index (κ3) is 8.78. The molecule has 0 aliphatic carbocycles. The minimum Gasteiger partial charge on any atom is -0.398 e. The van der Waals surface area contributed by atoms with Crippen LogP contribution >= 0.6 is 0 Å². The molecule has 2 heterocycles. The van der Waals surface area contributed by atoms with Crippen LogP contribution in [0.3, 0.4) is 0 Å². The summed E-state index contributed by atoms with van der Waals surface area (Å²) in [6.07, 6.45) is 1.02. The Bertz CT molecular complexity index is 1950. The van der Waals surface area contributed by atoms with Crippen LogP contribution in [-0.2, 0) is 6.18 Å². The summed E-state index contributed by atoms with van der Waals surface area (Å²) in [4.78, 5) is 52.2. The standard InChI is InChI=1S/C20H16F3N5O2.C12H13N5O/c1-11-15(18(30)27-14-9-25-19(24)26-10-14)6-3-7-16(11)28-17(29)12-4-2-5-13(8-12)20(21,22)23;1-7-9(3-2-4-10(7)13)11(18)17-8-5-15-12(14)16-6-8/h2-10H,1H3,(H,27,30)(H,28,29)(H2,24,25,26);2-6H,13H2,1H3,(H,17,18)(H2,14,15,16). The van der Waals surface area contributed by atoms with E-state index in [1.165, 1.54) is 30.9 Å². The Kier molecular flexibility index (Phi) is 10.5. The van der Waals surface area contributed by atoms with E-state index in [4.69, 9.17) is 17.2 Å². The predicted molar refractivity (Wildman–Crippen MR) is 175 cm³/mol. The molecule has 0 fully saturated rings. The molecule has 3 amide bonds. The Morgan fingerprint density at radius 1 is 0.625 bits per heavy atom. The lowest BCUT2D eigenvalue weighted by Crippen LogP contribution is -2.17. The van der Waals surface area contributed by atoms with Gasteiger partial charge in [-0.2, -0.15) is 13.2 Å². The van der Waals surface area contributed by atoms with Gasteiger partial charge in [-0.3, -0.25) is 14.4 Å². The van der Waals surface area contributed by atoms with Crippen LogP contribution in [-0.4, -0.2) is 37.7 Å². The van der Waals surface area contributed by atoms with Gasteiger partial charge in [-0.05, 0) is 67.4 Å². The first-order valence-corrected chi connectivity index (χ1v) is 13.9. The number of benzene rings is 3. The van der Waals surface area contributed by atoms with E-state index in [2.05, 4.69) is 35.9 Å². The molecule has 0 spiro atoms. The summed E-state index contributed by atoms with van der Waals surface area (Å²) in [5, 5.41) is 7.83. The van der Waals surface area contributed by atoms with Crippen molar-refractivity contribution < 1.29 is 27.6 Å². The van der Waals surface area contributed by atoms with E-state index in [1.54, 1.807) is 50.2 Å². The summed E-state index contributed by atoms with van der Waals surface area (Å²) in [5.41, 5.74) is 19.1. The molecule has 48 heavy (non-hydrogen) atoms. The van der Waals surface area contributed by atoms with Gasteiger partial charge in [0.05, 0.1) is 41.7 Å². The normalized spacial score (nSPS) is 10.7. The van der Waals surface area contributed by atoms with Crippen molar-refractivity contribution in [2.75, 3.05) is 33.2 Å². The number of alkyl halides is 3. The maximum absolute atomic E-state index is 12.9. The van der Waals surface area contributed by atoms with E-state index >= 15 is 0 Å². The molecule has 0 aliphatic heterocycles. The number of carbonyl (C=O) groups is 3. The Balaban J connectivity index is 0.000000246. The Hall–Kier alpha value is -6.58. The summed E-state index contributed by atoms with van der Waals surface area (Å²) < 4.78 is 38.6. The van der Waals surface area contributed by atoms with Crippen molar-refractivity contribution in [1.29, 1.82) is 0 Å². The molecule has 0 radical (unpaired) electrons. The van der Waals surface area contributed by atoms with Gasteiger partial charge in [0.2, 0.25) is 11.9 Å². The number of aromatic nitrogens is 4. The third-order valence-corrected chi connectivity index (χ3v) is 6.76. The average molecular weight is 659 g/mol. The molecule has 0 saturated carbocycles. The lowest BCUT2D eigenvalue weighted by molar-refractivity contribution is -0.137. The number of anilines is 6. The molecular formula is C32H29F3N10O3. The fraction of sp³-hybridized carbons (Fsp3) is 0.0938. The molecule has 2 aromatic heterocycles. The summed E-state index contributed by atoms with van der Waals surface area (Å²) >= 11 is 0. The largest absolute Gasteiger partial charge is 0.416 e. The Morgan fingerprint density at radius 3 is 1.62 bits per heavy atom. The van der Waals surface area contributed by atoms with Crippen molar-refractivity contribution in [3.63, 3.8) is 0 Å². The van der Waals surface area contributed by atoms with E-state index < -0.39 is 23.6 Å². The molecular weight excluding hydrogens is 629 g/mol. The highest BCUT2D eigenvalue weighted by molar-refractivity contribution is 6.09. The predicted octanol–water partition coefficient (Wildman–Crippen LogP) is 5.09. The fourth-order valence-electron chi connectivity index (χ4n) is 4.15. The van der Waals surface area contributed by atoms with Gasteiger partial charge in [-0.25, -0.2) is 19.9 Å². The number of hydrogen-bond donors (Lipinski definition) is 6. The number of carbonyl (C=O) groups excluding carboxylic acids is 3. The molecule has 13 nitrogen and oxygen atoms in total. The molecule has 0 saturated heterocycles. The van der Waals surface area contributed by atoms with E-state index in [-0.39, 0.29) is 28.9 Å². The number of halogens is 3. The number of amides is 3. The van der Waals surface area contributed by atoms with Crippen molar-refractivity contribution in [2.24, 2.45) is 0 Å². The smallest absolute Gasteiger partial charge is 0.398 e. The van der Waals surface area contributed by atoms with Gasteiger partial charge in [-0.1, -0.05) is 18.2 Å². The van der Waals surface area contributed by atoms with Gasteiger partial charge >= 0.3 is 6.18 Å². The molecule has 246 valence electrons. The highest BCUT2D eigenvalue weighted by Crippen LogP contribution is 2.30. The van der Waals surface area contributed by atoms with E-state index in [0.29, 0.717) is 33.9 Å². The molecule has 0 atom stereocenters. The van der Waals surface area contributed by atoms with Crippen LogP contribution in [0.4, 0.5) is 47.8 Å². The first kappa shape index (κ1) is 34.3. The van der Waals surface area contributed by atoms with Gasteiger partial charge in [0.25, 0.3) is 17.7 Å². The van der Waals surface area contributed by atoms with Crippen molar-refractivity contribution in [3.05, 3.63) is 119 Å². The topological polar surface area (TPSA) is 217 Å². The molecule has 0 unspecified atom stereocenters. The highest BCUT2D eigenvalue weighted by atomic mass is 19.4. The lowest BCUT2D eigenvalue weighted by atomic mass is 10.0. The molecule has 0 aliphatic rings. The van der Waals surface area contributed by atoms with Crippen LogP contribution in [0.2, 0.25) is 0 Å². The number of nitrogen functional groups attached to an aromatic ring is 3. The second-order valence-corrected chi connectivity index (χ2v) is 10.1. The Morgan fingerprint density at radius 2 is 1.10 bits per heavy atom. The molecule has 16 heteroatoms. The minimum atomic E-state index is -4.56. The zero-order chi connectivity index (χ0) is 35.0. The van der Waals surface area contributed by atoms with Crippen molar-refractivity contribution >= 4 is 52.4 Å². The molecule has 3 aromatic carbocycles. The SMILES string of the molecule is Cc1c(N)cccc1C(=O)Nc1cnc(N)nc1.Cc1c(NC(=O)c2cccc(C(F)(F)F)c2)cccc1C(=O)Nc1cnc(N)nc1. The van der Waals surface area contributed by atoms with Gasteiger partial charge in [0.1, 0.15) is 0 Å². The van der Waals surface area contributed by atoms with Crippen LogP contribution in [0.25, 0.3) is 0 Å². The maximum atomic E-state index is 12.9. The van der Waals surface area contributed by atoms with Crippen LogP contribution in [0.5, 0.6) is 0 Å². The summed E-state index contributed by atoms with van der Waals surface area (Å²) in [6, 6.07) is 13.9. The fourth-order valence-corrected chi connectivity index (χ4v) is 4.15. The van der Waals surface area contributed by atoms with Crippen LogP contribution in [0.1, 0.15) is 47.8 Å². The zero-order valence-corrected chi connectivity index (χ0v) is 25.5. The molecule has 9 N–H and O–H groups in total. The summed E-state index contributed by atoms with van der Waals surface area (Å²) in [7, 11) is 0. The van der Waals surface area contributed by atoms with Crippen molar-refractivity contribution in [2.45, 2.75) is 20.0 Å². The Labute approximate surface area is 271 Å². The lowest BCUT2D eigenvalue weighted by Gasteiger charge is -2.13.